The summed E-state index contributed by atoms with van der Waals surface area (Å²) in [6, 6.07) is 0.999. The number of nitrogens with zero attached hydrogens (tertiary/aromatic N) is 1. The maximum atomic E-state index is 2.64. The van der Waals surface area contributed by atoms with Crippen LogP contribution in [0.2, 0.25) is 0 Å². The summed E-state index contributed by atoms with van der Waals surface area (Å²) in [5.74, 6) is 0. The molecule has 1 heteroatoms. The number of piperidine rings is 1. The molecule has 1 heterocycles. The lowest BCUT2D eigenvalue weighted by Gasteiger charge is -2.25. The maximum absolute atomic E-state index is 2.64. The second-order valence-corrected chi connectivity index (χ2v) is 3.13. The van der Waals surface area contributed by atoms with Crippen molar-refractivity contribution in [3.63, 3.8) is 0 Å². The van der Waals surface area contributed by atoms with Gasteiger partial charge >= 0.3 is 0 Å². The Labute approximate surface area is 57.0 Å². The van der Waals surface area contributed by atoms with Crippen molar-refractivity contribution in [2.45, 2.75) is 31.7 Å². The van der Waals surface area contributed by atoms with Gasteiger partial charge in [-0.2, -0.15) is 0 Å². The Hall–Kier alpha value is -0.0400. The van der Waals surface area contributed by atoms with Crippen molar-refractivity contribution >= 4 is 0 Å². The zero-order chi connectivity index (χ0) is 6.10. The molecule has 0 spiro atoms. The first-order chi connectivity index (χ1) is 4.47. The zero-order valence-electron chi connectivity index (χ0n) is 5.84. The highest BCUT2D eigenvalue weighted by atomic mass is 15.2. The molecule has 2 rings (SSSR count). The summed E-state index contributed by atoms with van der Waals surface area (Å²) in [6.07, 6.45) is 8.02. The fourth-order valence-corrected chi connectivity index (χ4v) is 1.58. The van der Waals surface area contributed by atoms with Gasteiger partial charge in [0.1, 0.15) is 0 Å². The smallest absolute Gasteiger partial charge is 0.00964 e. The van der Waals surface area contributed by atoms with E-state index >= 15 is 0 Å². The first-order valence-corrected chi connectivity index (χ1v) is 4.02. The average Bonchev–Trinajstić information content (AvgIpc) is 2.71. The van der Waals surface area contributed by atoms with E-state index in [-0.39, 0.29) is 0 Å². The first kappa shape index (κ1) is 5.72. The first-order valence-electron chi connectivity index (χ1n) is 4.02. The largest absolute Gasteiger partial charge is 0.300 e. The van der Waals surface area contributed by atoms with Crippen LogP contribution in [-0.4, -0.2) is 24.0 Å². The van der Waals surface area contributed by atoms with Crippen LogP contribution in [0.15, 0.2) is 0 Å². The minimum absolute atomic E-state index is 0.999. The number of hydrogen-bond donors (Lipinski definition) is 0. The Morgan fingerprint density at radius 1 is 1.11 bits per heavy atom. The lowest BCUT2D eigenvalue weighted by molar-refractivity contribution is 0.244. The highest BCUT2D eigenvalue weighted by Gasteiger charge is 2.29. The van der Waals surface area contributed by atoms with Crippen molar-refractivity contribution in [1.82, 2.24) is 4.90 Å². The topological polar surface area (TPSA) is 3.24 Å². The van der Waals surface area contributed by atoms with E-state index in [9.17, 15) is 0 Å². The Bertz CT molecular complexity index is 90.7. The quantitative estimate of drug-likeness (QED) is 0.511. The molecule has 1 saturated heterocycles. The van der Waals surface area contributed by atoms with Gasteiger partial charge in [0.2, 0.25) is 0 Å². The zero-order valence-corrected chi connectivity index (χ0v) is 5.84. The second kappa shape index (κ2) is 2.30. The maximum Gasteiger partial charge on any atom is 0.00964 e. The summed E-state index contributed by atoms with van der Waals surface area (Å²) in [4.78, 5) is 2.64. The van der Waals surface area contributed by atoms with E-state index in [1.54, 1.807) is 0 Å². The summed E-state index contributed by atoms with van der Waals surface area (Å²) in [7, 11) is 0. The van der Waals surface area contributed by atoms with Crippen LogP contribution in [-0.2, 0) is 0 Å². The predicted octanol–water partition coefficient (Wildman–Crippen LogP) is 1.45. The molecule has 0 bridgehead atoms. The highest BCUT2D eigenvalue weighted by Crippen LogP contribution is 2.28. The SMILES string of the molecule is [CH]1CCN(C2CC2)CC1. The number of hydrogen-bond acceptors (Lipinski definition) is 1. The average molecular weight is 124 g/mol. The number of likely N-dealkylation sites (tertiary alicyclic amines) is 1. The van der Waals surface area contributed by atoms with Crippen LogP contribution in [0.25, 0.3) is 0 Å². The Kier molecular flexibility index (Phi) is 1.46. The second-order valence-electron chi connectivity index (χ2n) is 3.13. The third kappa shape index (κ3) is 1.26. The molecule has 0 amide bonds. The monoisotopic (exact) mass is 124 g/mol. The number of rotatable bonds is 1. The van der Waals surface area contributed by atoms with Gasteiger partial charge in [0, 0.05) is 6.04 Å². The van der Waals surface area contributed by atoms with Crippen molar-refractivity contribution in [3.8, 4) is 0 Å². The minimum Gasteiger partial charge on any atom is -0.300 e. The van der Waals surface area contributed by atoms with Crippen LogP contribution in [0, 0.1) is 6.42 Å². The summed E-state index contributed by atoms with van der Waals surface area (Å²) < 4.78 is 0. The standard InChI is InChI=1S/C8H14N/c1-2-6-9(7-3-1)8-4-5-8/h1,8H,2-7H2. The molecule has 0 unspecified atom stereocenters. The molecule has 9 heavy (non-hydrogen) atoms. The Morgan fingerprint density at radius 3 is 2.33 bits per heavy atom. The van der Waals surface area contributed by atoms with Crippen LogP contribution in [0.3, 0.4) is 0 Å². The third-order valence-electron chi connectivity index (χ3n) is 2.30. The predicted molar refractivity (Wildman–Crippen MR) is 38.1 cm³/mol. The fraction of sp³-hybridized carbons (Fsp3) is 0.875. The summed E-state index contributed by atoms with van der Waals surface area (Å²) >= 11 is 0. The summed E-state index contributed by atoms with van der Waals surface area (Å²) in [5, 5.41) is 0. The van der Waals surface area contributed by atoms with E-state index in [2.05, 4.69) is 11.3 Å². The molecule has 0 aromatic rings. The van der Waals surface area contributed by atoms with Crippen LogP contribution < -0.4 is 0 Å². The Morgan fingerprint density at radius 2 is 1.78 bits per heavy atom. The molecule has 1 nitrogen and oxygen atoms in total. The third-order valence-corrected chi connectivity index (χ3v) is 2.30. The minimum atomic E-state index is 0.999. The molecular formula is C8H14N. The van der Waals surface area contributed by atoms with E-state index in [1.165, 1.54) is 38.8 Å². The van der Waals surface area contributed by atoms with E-state index in [0.717, 1.165) is 6.04 Å². The van der Waals surface area contributed by atoms with E-state index in [0.29, 0.717) is 0 Å². The molecule has 0 aromatic heterocycles. The van der Waals surface area contributed by atoms with Crippen molar-refractivity contribution in [3.05, 3.63) is 6.42 Å². The van der Waals surface area contributed by atoms with Gasteiger partial charge in [0.05, 0.1) is 0 Å². The van der Waals surface area contributed by atoms with Gasteiger partial charge in [-0.3, -0.25) is 0 Å². The molecule has 2 aliphatic rings. The van der Waals surface area contributed by atoms with E-state index < -0.39 is 0 Å². The molecule has 0 N–H and O–H groups in total. The van der Waals surface area contributed by atoms with Crippen LogP contribution in [0.5, 0.6) is 0 Å². The van der Waals surface area contributed by atoms with Gasteiger partial charge in [-0.1, -0.05) is 0 Å². The highest BCUT2D eigenvalue weighted by molar-refractivity contribution is 4.88. The van der Waals surface area contributed by atoms with Crippen molar-refractivity contribution in [2.75, 3.05) is 13.1 Å². The summed E-state index contributed by atoms with van der Waals surface area (Å²) in [5.41, 5.74) is 0. The molecule has 51 valence electrons. The van der Waals surface area contributed by atoms with Crippen molar-refractivity contribution in [1.29, 1.82) is 0 Å². The van der Waals surface area contributed by atoms with Gasteiger partial charge in [-0.15, -0.1) is 0 Å². The van der Waals surface area contributed by atoms with Crippen LogP contribution >= 0.6 is 0 Å². The Balaban J connectivity index is 1.80. The van der Waals surface area contributed by atoms with Crippen LogP contribution in [0.1, 0.15) is 25.7 Å². The lowest BCUT2D eigenvalue weighted by Crippen LogP contribution is -2.31. The fourth-order valence-electron chi connectivity index (χ4n) is 1.58. The van der Waals surface area contributed by atoms with Crippen molar-refractivity contribution < 1.29 is 0 Å². The van der Waals surface area contributed by atoms with Gasteiger partial charge in [-0.25, -0.2) is 0 Å². The van der Waals surface area contributed by atoms with Gasteiger partial charge in [0.15, 0.2) is 0 Å². The molecule has 1 aliphatic heterocycles. The molecule has 0 aromatic carbocycles. The van der Waals surface area contributed by atoms with E-state index in [4.69, 9.17) is 0 Å². The van der Waals surface area contributed by atoms with E-state index in [1.807, 2.05) is 0 Å². The van der Waals surface area contributed by atoms with Crippen LogP contribution in [0.4, 0.5) is 0 Å². The molecule has 1 saturated carbocycles. The van der Waals surface area contributed by atoms with Gasteiger partial charge in [-0.05, 0) is 45.2 Å². The molecule has 1 aliphatic carbocycles. The normalized spacial score (nSPS) is 30.7. The van der Waals surface area contributed by atoms with Crippen molar-refractivity contribution in [2.24, 2.45) is 0 Å². The molecule has 0 atom stereocenters. The lowest BCUT2D eigenvalue weighted by atomic mass is 10.1. The molecular weight excluding hydrogens is 110 g/mol. The van der Waals surface area contributed by atoms with Gasteiger partial charge in [0.25, 0.3) is 0 Å². The molecule has 1 radical (unpaired) electrons. The van der Waals surface area contributed by atoms with Gasteiger partial charge < -0.3 is 4.90 Å². The molecule has 2 fully saturated rings. The summed E-state index contributed by atoms with van der Waals surface area (Å²) in [6.45, 7) is 2.68.